The maximum atomic E-state index is 13.3. The van der Waals surface area contributed by atoms with Gasteiger partial charge in [0.2, 0.25) is 0 Å². The Labute approximate surface area is 157 Å². The van der Waals surface area contributed by atoms with Gasteiger partial charge in [0.15, 0.2) is 6.29 Å². The molecule has 0 fully saturated rings. The largest absolute Gasteiger partial charge is 0.377 e. The second-order valence-electron chi connectivity index (χ2n) is 6.03. The SMILES string of the molecule is CN(C)C(=CC#N)c1c(C=O)n(S(=O)(=O)c2ccccc2)c2ccccc12. The molecule has 3 rings (SSSR count). The van der Waals surface area contributed by atoms with E-state index in [1.54, 1.807) is 61.5 Å². The maximum Gasteiger partial charge on any atom is 0.268 e. The van der Waals surface area contributed by atoms with Gasteiger partial charge in [-0.25, -0.2) is 12.4 Å². The van der Waals surface area contributed by atoms with Crippen molar-refractivity contribution in [2.24, 2.45) is 0 Å². The van der Waals surface area contributed by atoms with E-state index in [0.717, 1.165) is 3.97 Å². The summed E-state index contributed by atoms with van der Waals surface area (Å²) >= 11 is 0. The van der Waals surface area contributed by atoms with E-state index in [1.165, 1.54) is 18.2 Å². The number of carbonyl (C=O) groups excluding carboxylic acids is 1. The molecule has 6 nitrogen and oxygen atoms in total. The fourth-order valence-electron chi connectivity index (χ4n) is 3.05. The van der Waals surface area contributed by atoms with Gasteiger partial charge in [0.1, 0.15) is 5.69 Å². The zero-order valence-corrected chi connectivity index (χ0v) is 15.6. The zero-order chi connectivity index (χ0) is 19.6. The lowest BCUT2D eigenvalue weighted by Gasteiger charge is -2.17. The van der Waals surface area contributed by atoms with Crippen molar-refractivity contribution >= 4 is 32.9 Å². The smallest absolute Gasteiger partial charge is 0.268 e. The van der Waals surface area contributed by atoms with Gasteiger partial charge in [-0.3, -0.25) is 4.79 Å². The Morgan fingerprint density at radius 3 is 2.30 bits per heavy atom. The molecular formula is C20H17N3O3S. The minimum atomic E-state index is -4.00. The average molecular weight is 379 g/mol. The van der Waals surface area contributed by atoms with Crippen molar-refractivity contribution in [2.45, 2.75) is 4.90 Å². The van der Waals surface area contributed by atoms with E-state index in [1.807, 2.05) is 6.07 Å². The van der Waals surface area contributed by atoms with Crippen LogP contribution in [0, 0.1) is 11.3 Å². The lowest BCUT2D eigenvalue weighted by atomic mass is 10.1. The summed E-state index contributed by atoms with van der Waals surface area (Å²) in [6.45, 7) is 0. The van der Waals surface area contributed by atoms with Crippen LogP contribution in [-0.4, -0.2) is 37.7 Å². The standard InChI is InChI=1S/C20H17N3O3S/c1-22(2)18(12-13-21)20-16-10-6-7-11-17(16)23(19(20)14-24)27(25,26)15-8-4-3-5-9-15/h3-12,14H,1-2H3. The summed E-state index contributed by atoms with van der Waals surface area (Å²) in [6.07, 6.45) is 1.82. The average Bonchev–Trinajstić information content (AvgIpc) is 3.01. The summed E-state index contributed by atoms with van der Waals surface area (Å²) < 4.78 is 27.6. The molecular weight excluding hydrogens is 362 g/mol. The molecule has 0 bridgehead atoms. The van der Waals surface area contributed by atoms with Crippen molar-refractivity contribution in [1.82, 2.24) is 8.87 Å². The van der Waals surface area contributed by atoms with Crippen molar-refractivity contribution < 1.29 is 13.2 Å². The van der Waals surface area contributed by atoms with Crippen molar-refractivity contribution in [1.29, 1.82) is 5.26 Å². The van der Waals surface area contributed by atoms with E-state index in [4.69, 9.17) is 5.26 Å². The van der Waals surface area contributed by atoms with Gasteiger partial charge in [-0.2, -0.15) is 5.26 Å². The van der Waals surface area contributed by atoms with E-state index in [9.17, 15) is 13.2 Å². The van der Waals surface area contributed by atoms with E-state index >= 15 is 0 Å². The summed E-state index contributed by atoms with van der Waals surface area (Å²) in [7, 11) is -0.541. The number of aldehydes is 1. The predicted octanol–water partition coefficient (Wildman–Crippen LogP) is 3.12. The van der Waals surface area contributed by atoms with Crippen LogP contribution in [0.4, 0.5) is 0 Å². The van der Waals surface area contributed by atoms with Gasteiger partial charge in [0.05, 0.1) is 22.2 Å². The van der Waals surface area contributed by atoms with Gasteiger partial charge >= 0.3 is 0 Å². The van der Waals surface area contributed by atoms with Crippen LogP contribution < -0.4 is 0 Å². The Balaban J connectivity index is 2.48. The number of nitrogens with zero attached hydrogens (tertiary/aromatic N) is 3. The summed E-state index contributed by atoms with van der Waals surface area (Å²) in [5.74, 6) is 0. The van der Waals surface area contributed by atoms with Gasteiger partial charge in [-0.1, -0.05) is 36.4 Å². The number of nitriles is 1. The molecule has 1 heterocycles. The summed E-state index contributed by atoms with van der Waals surface area (Å²) in [4.78, 5) is 13.8. The van der Waals surface area contributed by atoms with Crippen LogP contribution in [0.2, 0.25) is 0 Å². The lowest BCUT2D eigenvalue weighted by molar-refractivity contribution is 0.111. The van der Waals surface area contributed by atoms with Gasteiger partial charge in [-0.15, -0.1) is 0 Å². The first-order chi connectivity index (χ1) is 12.9. The van der Waals surface area contributed by atoms with Crippen LogP contribution in [0.25, 0.3) is 16.6 Å². The zero-order valence-electron chi connectivity index (χ0n) is 14.8. The molecule has 0 saturated heterocycles. The third-order valence-electron chi connectivity index (χ3n) is 4.20. The Bertz CT molecular complexity index is 1180. The number of carbonyl (C=O) groups is 1. The van der Waals surface area contributed by atoms with Crippen molar-refractivity contribution in [2.75, 3.05) is 14.1 Å². The highest BCUT2D eigenvalue weighted by atomic mass is 32.2. The molecule has 0 saturated carbocycles. The first-order valence-electron chi connectivity index (χ1n) is 8.10. The van der Waals surface area contributed by atoms with Crippen molar-refractivity contribution in [3.8, 4) is 6.07 Å². The molecule has 7 heteroatoms. The molecule has 0 unspecified atom stereocenters. The molecule has 2 aromatic carbocycles. The minimum absolute atomic E-state index is 0.0183. The number of hydrogen-bond donors (Lipinski definition) is 0. The number of benzene rings is 2. The van der Waals surface area contributed by atoms with Crippen LogP contribution in [0.1, 0.15) is 16.1 Å². The molecule has 0 aliphatic heterocycles. The highest BCUT2D eigenvalue weighted by Gasteiger charge is 2.28. The molecule has 0 amide bonds. The van der Waals surface area contributed by atoms with Gasteiger partial charge in [0, 0.05) is 31.1 Å². The number of allylic oxidation sites excluding steroid dienone is 1. The van der Waals surface area contributed by atoms with Gasteiger partial charge in [-0.05, 0) is 18.2 Å². The molecule has 0 spiro atoms. The van der Waals surface area contributed by atoms with Crippen LogP contribution in [-0.2, 0) is 10.0 Å². The summed E-state index contributed by atoms with van der Waals surface area (Å²) in [6, 6.07) is 16.8. The van der Waals surface area contributed by atoms with Crippen molar-refractivity contribution in [3.63, 3.8) is 0 Å². The number of rotatable bonds is 5. The third-order valence-corrected chi connectivity index (χ3v) is 5.94. The van der Waals surface area contributed by atoms with Crippen LogP contribution in [0.3, 0.4) is 0 Å². The second kappa shape index (κ2) is 7.09. The first kappa shape index (κ1) is 18.4. The fraction of sp³-hybridized carbons (Fsp3) is 0.100. The predicted molar refractivity (Wildman–Crippen MR) is 104 cm³/mol. The molecule has 0 N–H and O–H groups in total. The number of para-hydroxylation sites is 1. The Kier molecular flexibility index (Phi) is 4.84. The Morgan fingerprint density at radius 1 is 1.07 bits per heavy atom. The number of fused-ring (bicyclic) bond motifs is 1. The van der Waals surface area contributed by atoms with Crippen LogP contribution in [0.15, 0.2) is 65.6 Å². The third kappa shape index (κ3) is 3.00. The molecule has 0 aliphatic carbocycles. The summed E-state index contributed by atoms with van der Waals surface area (Å²) in [5.41, 5.74) is 1.23. The minimum Gasteiger partial charge on any atom is -0.377 e. The Hall–Kier alpha value is -3.37. The maximum absolute atomic E-state index is 13.3. The molecule has 0 atom stereocenters. The van der Waals surface area contributed by atoms with E-state index < -0.39 is 10.0 Å². The second-order valence-corrected chi connectivity index (χ2v) is 7.82. The summed E-state index contributed by atoms with van der Waals surface area (Å²) in [5, 5.41) is 9.74. The molecule has 1 aromatic heterocycles. The number of aromatic nitrogens is 1. The monoisotopic (exact) mass is 379 g/mol. The molecule has 3 aromatic rings. The van der Waals surface area contributed by atoms with Gasteiger partial charge in [0.25, 0.3) is 10.0 Å². The highest BCUT2D eigenvalue weighted by Crippen LogP contribution is 2.34. The fourth-order valence-corrected chi connectivity index (χ4v) is 4.57. The topological polar surface area (TPSA) is 83.2 Å². The lowest BCUT2D eigenvalue weighted by Crippen LogP contribution is -2.17. The van der Waals surface area contributed by atoms with Crippen molar-refractivity contribution in [3.05, 3.63) is 71.9 Å². The van der Waals surface area contributed by atoms with Crippen LogP contribution >= 0.6 is 0 Å². The molecule has 27 heavy (non-hydrogen) atoms. The van der Waals surface area contributed by atoms with E-state index in [2.05, 4.69) is 0 Å². The van der Waals surface area contributed by atoms with E-state index in [-0.39, 0.29) is 10.6 Å². The Morgan fingerprint density at radius 2 is 1.70 bits per heavy atom. The number of hydrogen-bond acceptors (Lipinski definition) is 5. The normalized spacial score (nSPS) is 12.0. The van der Waals surface area contributed by atoms with Gasteiger partial charge < -0.3 is 4.90 Å². The van der Waals surface area contributed by atoms with Crippen LogP contribution in [0.5, 0.6) is 0 Å². The molecule has 0 radical (unpaired) electrons. The quantitative estimate of drug-likeness (QED) is 0.502. The molecule has 136 valence electrons. The first-order valence-corrected chi connectivity index (χ1v) is 9.54. The molecule has 0 aliphatic rings. The highest BCUT2D eigenvalue weighted by molar-refractivity contribution is 7.90. The van der Waals surface area contributed by atoms with E-state index in [0.29, 0.717) is 28.4 Å².